The minimum Gasteiger partial charge on any atom is -0.364 e. The van der Waals surface area contributed by atoms with Crippen LogP contribution in [-0.4, -0.2) is 22.0 Å². The number of thioether (sulfide) groups is 1. The van der Waals surface area contributed by atoms with Crippen LogP contribution in [0, 0.1) is 0 Å². The van der Waals surface area contributed by atoms with Crippen LogP contribution in [0.2, 0.25) is 0 Å². The van der Waals surface area contributed by atoms with Crippen molar-refractivity contribution in [2.24, 2.45) is 4.99 Å². The Bertz CT molecular complexity index is 281. The SMILES string of the molecule is CC1CCSC(c2ccon2)=N1. The highest BCUT2D eigenvalue weighted by atomic mass is 32.2. The molecule has 0 aromatic carbocycles. The standard InChI is InChI=1S/C8H10N2OS/c1-6-3-5-12-8(9-6)7-2-4-11-10-7/h2,4,6H,3,5H2,1H3. The first-order valence-corrected chi connectivity index (χ1v) is 4.96. The lowest BCUT2D eigenvalue weighted by molar-refractivity contribution is 0.418. The van der Waals surface area contributed by atoms with Crippen molar-refractivity contribution in [3.63, 3.8) is 0 Å². The minimum atomic E-state index is 0.429. The van der Waals surface area contributed by atoms with Gasteiger partial charge in [0.2, 0.25) is 0 Å². The third-order valence-corrected chi connectivity index (χ3v) is 2.80. The Kier molecular flexibility index (Phi) is 2.17. The normalized spacial score (nSPS) is 23.8. The molecule has 0 fully saturated rings. The van der Waals surface area contributed by atoms with Crippen molar-refractivity contribution in [2.75, 3.05) is 5.75 Å². The lowest BCUT2D eigenvalue weighted by atomic mass is 10.3. The molecular weight excluding hydrogens is 172 g/mol. The third-order valence-electron chi connectivity index (χ3n) is 1.77. The van der Waals surface area contributed by atoms with Gasteiger partial charge in [-0.1, -0.05) is 5.16 Å². The van der Waals surface area contributed by atoms with E-state index < -0.39 is 0 Å². The average molecular weight is 182 g/mol. The quantitative estimate of drug-likeness (QED) is 0.666. The molecule has 0 radical (unpaired) electrons. The van der Waals surface area contributed by atoms with Crippen molar-refractivity contribution in [1.82, 2.24) is 5.16 Å². The predicted molar refractivity (Wildman–Crippen MR) is 49.6 cm³/mol. The van der Waals surface area contributed by atoms with Crippen molar-refractivity contribution in [1.29, 1.82) is 0 Å². The van der Waals surface area contributed by atoms with E-state index in [4.69, 9.17) is 4.52 Å². The van der Waals surface area contributed by atoms with Crippen molar-refractivity contribution in [3.8, 4) is 0 Å². The second-order valence-electron chi connectivity index (χ2n) is 2.81. The summed E-state index contributed by atoms with van der Waals surface area (Å²) in [4.78, 5) is 4.48. The zero-order valence-corrected chi connectivity index (χ0v) is 7.67. The Balaban J connectivity index is 2.23. The molecule has 64 valence electrons. The molecular formula is C8H10N2OS. The summed E-state index contributed by atoms with van der Waals surface area (Å²) in [6, 6.07) is 2.28. The lowest BCUT2D eigenvalue weighted by Gasteiger charge is -2.14. The van der Waals surface area contributed by atoms with E-state index in [0.29, 0.717) is 6.04 Å². The molecule has 0 spiro atoms. The molecule has 1 unspecified atom stereocenters. The fourth-order valence-electron chi connectivity index (χ4n) is 1.09. The van der Waals surface area contributed by atoms with Gasteiger partial charge >= 0.3 is 0 Å². The van der Waals surface area contributed by atoms with Crippen LogP contribution in [0.1, 0.15) is 19.0 Å². The molecule has 0 N–H and O–H groups in total. The van der Waals surface area contributed by atoms with Gasteiger partial charge in [-0.25, -0.2) is 0 Å². The van der Waals surface area contributed by atoms with Crippen molar-refractivity contribution in [3.05, 3.63) is 18.0 Å². The number of aliphatic imine (C=N–C) groups is 1. The largest absolute Gasteiger partial charge is 0.364 e. The summed E-state index contributed by atoms with van der Waals surface area (Å²) < 4.78 is 4.76. The van der Waals surface area contributed by atoms with E-state index >= 15 is 0 Å². The first kappa shape index (κ1) is 7.86. The molecule has 0 bridgehead atoms. The molecule has 1 aliphatic heterocycles. The maximum atomic E-state index is 4.76. The predicted octanol–water partition coefficient (Wildman–Crippen LogP) is 1.95. The van der Waals surface area contributed by atoms with Crippen molar-refractivity contribution < 1.29 is 4.52 Å². The molecule has 0 saturated carbocycles. The highest BCUT2D eigenvalue weighted by Gasteiger charge is 2.14. The van der Waals surface area contributed by atoms with Gasteiger partial charge in [-0.05, 0) is 13.3 Å². The van der Waals surface area contributed by atoms with E-state index in [1.165, 1.54) is 0 Å². The van der Waals surface area contributed by atoms with E-state index in [-0.39, 0.29) is 0 Å². The second kappa shape index (κ2) is 3.31. The van der Waals surface area contributed by atoms with E-state index in [1.54, 1.807) is 18.0 Å². The van der Waals surface area contributed by atoms with Crippen LogP contribution in [0.5, 0.6) is 0 Å². The summed E-state index contributed by atoms with van der Waals surface area (Å²) in [5.41, 5.74) is 0.867. The van der Waals surface area contributed by atoms with E-state index in [2.05, 4.69) is 17.1 Å². The molecule has 1 aliphatic rings. The van der Waals surface area contributed by atoms with Crippen molar-refractivity contribution >= 4 is 16.8 Å². The topological polar surface area (TPSA) is 38.4 Å². The smallest absolute Gasteiger partial charge is 0.138 e. The zero-order chi connectivity index (χ0) is 8.39. The summed E-state index contributed by atoms with van der Waals surface area (Å²) in [5, 5.41) is 4.86. The van der Waals surface area contributed by atoms with Crippen LogP contribution in [0.25, 0.3) is 0 Å². The number of aromatic nitrogens is 1. The zero-order valence-electron chi connectivity index (χ0n) is 6.86. The molecule has 2 heterocycles. The summed E-state index contributed by atoms with van der Waals surface area (Å²) in [6.45, 7) is 2.12. The van der Waals surface area contributed by atoms with Crippen molar-refractivity contribution in [2.45, 2.75) is 19.4 Å². The van der Waals surface area contributed by atoms with Gasteiger partial charge in [-0.2, -0.15) is 0 Å². The van der Waals surface area contributed by atoms with E-state index in [1.807, 2.05) is 6.07 Å². The van der Waals surface area contributed by atoms with Crippen LogP contribution >= 0.6 is 11.8 Å². The molecule has 3 nitrogen and oxygen atoms in total. The maximum absolute atomic E-state index is 4.76. The molecule has 0 aliphatic carbocycles. The van der Waals surface area contributed by atoms with E-state index in [0.717, 1.165) is 22.9 Å². The van der Waals surface area contributed by atoms with Gasteiger partial charge in [0.1, 0.15) is 17.0 Å². The number of hydrogen-bond acceptors (Lipinski definition) is 4. The summed E-state index contributed by atoms with van der Waals surface area (Å²) >= 11 is 1.75. The Hall–Kier alpha value is -0.770. The minimum absolute atomic E-state index is 0.429. The Labute approximate surface area is 75.2 Å². The van der Waals surface area contributed by atoms with Crippen LogP contribution in [0.4, 0.5) is 0 Å². The molecule has 2 rings (SSSR count). The summed E-state index contributed by atoms with van der Waals surface area (Å²) in [6.07, 6.45) is 2.74. The number of hydrogen-bond donors (Lipinski definition) is 0. The third kappa shape index (κ3) is 1.53. The van der Waals surface area contributed by atoms with Crippen LogP contribution in [0.15, 0.2) is 21.8 Å². The lowest BCUT2D eigenvalue weighted by Crippen LogP contribution is -2.12. The average Bonchev–Trinajstić information content (AvgIpc) is 2.56. The first-order chi connectivity index (χ1) is 5.86. The molecule has 4 heteroatoms. The molecule has 0 amide bonds. The van der Waals surface area contributed by atoms with Gasteiger partial charge in [0.05, 0.1) is 0 Å². The Morgan fingerprint density at radius 1 is 1.67 bits per heavy atom. The van der Waals surface area contributed by atoms with Crippen LogP contribution in [-0.2, 0) is 0 Å². The highest BCUT2D eigenvalue weighted by Crippen LogP contribution is 2.21. The molecule has 0 saturated heterocycles. The van der Waals surface area contributed by atoms with Gasteiger partial charge in [0.15, 0.2) is 0 Å². The maximum Gasteiger partial charge on any atom is 0.138 e. The van der Waals surface area contributed by atoms with Gasteiger partial charge in [-0.15, -0.1) is 11.8 Å². The molecule has 1 atom stereocenters. The van der Waals surface area contributed by atoms with Gasteiger partial charge in [0.25, 0.3) is 0 Å². The summed E-state index contributed by atoms with van der Waals surface area (Å²) in [5.74, 6) is 1.13. The fraction of sp³-hybridized carbons (Fsp3) is 0.500. The Morgan fingerprint density at radius 2 is 2.58 bits per heavy atom. The number of nitrogens with zero attached hydrogens (tertiary/aromatic N) is 2. The van der Waals surface area contributed by atoms with Gasteiger partial charge in [-0.3, -0.25) is 4.99 Å². The first-order valence-electron chi connectivity index (χ1n) is 3.97. The van der Waals surface area contributed by atoms with Gasteiger partial charge in [0, 0.05) is 17.9 Å². The second-order valence-corrected chi connectivity index (χ2v) is 3.89. The summed E-state index contributed by atoms with van der Waals surface area (Å²) in [7, 11) is 0. The van der Waals surface area contributed by atoms with E-state index in [9.17, 15) is 0 Å². The monoisotopic (exact) mass is 182 g/mol. The van der Waals surface area contributed by atoms with Crippen LogP contribution in [0.3, 0.4) is 0 Å². The van der Waals surface area contributed by atoms with Gasteiger partial charge < -0.3 is 4.52 Å². The fourth-order valence-corrected chi connectivity index (χ4v) is 2.25. The molecule has 1 aromatic rings. The molecule has 1 aromatic heterocycles. The highest BCUT2D eigenvalue weighted by molar-refractivity contribution is 8.14. The number of rotatable bonds is 1. The molecule has 12 heavy (non-hydrogen) atoms. The Morgan fingerprint density at radius 3 is 3.25 bits per heavy atom. The van der Waals surface area contributed by atoms with Crippen LogP contribution < -0.4 is 0 Å².